The first-order valence-corrected chi connectivity index (χ1v) is 7.98. The van der Waals surface area contributed by atoms with E-state index < -0.39 is 23.3 Å². The maximum Gasteiger partial charge on any atom is 0.292 e. The topological polar surface area (TPSA) is 114 Å². The maximum atomic E-state index is 12.6. The summed E-state index contributed by atoms with van der Waals surface area (Å²) in [6.07, 6.45) is 0.0219. The zero-order valence-electron chi connectivity index (χ0n) is 13.8. The van der Waals surface area contributed by atoms with E-state index in [1.54, 1.807) is 18.2 Å². The fourth-order valence-electron chi connectivity index (χ4n) is 2.65. The van der Waals surface area contributed by atoms with Crippen molar-refractivity contribution in [2.75, 3.05) is 11.9 Å². The Labute approximate surface area is 140 Å². The van der Waals surface area contributed by atoms with Crippen LogP contribution >= 0.6 is 0 Å². The van der Waals surface area contributed by atoms with E-state index in [1.165, 1.54) is 6.07 Å². The van der Waals surface area contributed by atoms with Crippen molar-refractivity contribution >= 4 is 17.3 Å². The van der Waals surface area contributed by atoms with Crippen molar-refractivity contribution in [2.24, 2.45) is 5.92 Å². The minimum absolute atomic E-state index is 0.0803. The number of carbonyl (C=O) groups is 1. The molecule has 3 unspecified atom stereocenters. The van der Waals surface area contributed by atoms with Crippen LogP contribution in [0.4, 0.5) is 11.4 Å². The Hall–Kier alpha value is -2.19. The Morgan fingerprint density at radius 2 is 2.17 bits per heavy atom. The molecule has 1 aliphatic rings. The molecule has 24 heavy (non-hydrogen) atoms. The standard InChI is InChI=1S/C16H23N3O5/c1-10(2)9-13(15(20)18-12-7-8-24-16(12)21)17-11-5-3-4-6-14(11)19(22)23/h3-6,10,12-13,16-17,21H,7-9H2,1-2H3,(H,18,20). The van der Waals surface area contributed by atoms with Crippen molar-refractivity contribution in [1.29, 1.82) is 0 Å². The molecule has 1 aromatic rings. The average molecular weight is 337 g/mol. The summed E-state index contributed by atoms with van der Waals surface area (Å²) in [5, 5.41) is 26.5. The Kier molecular flexibility index (Phi) is 6.10. The molecule has 1 heterocycles. The number of hydrogen-bond acceptors (Lipinski definition) is 6. The Morgan fingerprint density at radius 1 is 1.46 bits per heavy atom. The summed E-state index contributed by atoms with van der Waals surface area (Å²) in [6, 6.07) is 5.12. The quantitative estimate of drug-likeness (QED) is 0.515. The van der Waals surface area contributed by atoms with E-state index in [0.29, 0.717) is 25.1 Å². The average Bonchev–Trinajstić information content (AvgIpc) is 2.91. The molecule has 0 aromatic heterocycles. The molecule has 132 valence electrons. The predicted molar refractivity (Wildman–Crippen MR) is 88.5 cm³/mol. The van der Waals surface area contributed by atoms with Crippen molar-refractivity contribution in [3.63, 3.8) is 0 Å². The van der Waals surface area contributed by atoms with Crippen LogP contribution < -0.4 is 10.6 Å². The van der Waals surface area contributed by atoms with Gasteiger partial charge in [-0.15, -0.1) is 0 Å². The van der Waals surface area contributed by atoms with Gasteiger partial charge in [-0.2, -0.15) is 0 Å². The largest absolute Gasteiger partial charge is 0.368 e. The van der Waals surface area contributed by atoms with Gasteiger partial charge in [0, 0.05) is 6.07 Å². The van der Waals surface area contributed by atoms with Crippen LogP contribution in [-0.4, -0.2) is 40.9 Å². The number of hydrogen-bond donors (Lipinski definition) is 3. The summed E-state index contributed by atoms with van der Waals surface area (Å²) in [6.45, 7) is 4.32. The maximum absolute atomic E-state index is 12.6. The number of nitro groups is 1. The first kappa shape index (κ1) is 18.2. The molecule has 0 aliphatic carbocycles. The van der Waals surface area contributed by atoms with Crippen molar-refractivity contribution in [1.82, 2.24) is 5.32 Å². The van der Waals surface area contributed by atoms with Crippen molar-refractivity contribution < 1.29 is 19.6 Å². The van der Waals surface area contributed by atoms with E-state index >= 15 is 0 Å². The number of carbonyl (C=O) groups excluding carboxylic acids is 1. The third kappa shape index (κ3) is 4.65. The lowest BCUT2D eigenvalue weighted by atomic mass is 10.0. The Bertz CT molecular complexity index is 593. The van der Waals surface area contributed by atoms with Gasteiger partial charge >= 0.3 is 0 Å². The Balaban J connectivity index is 2.13. The second-order valence-corrected chi connectivity index (χ2v) is 6.27. The number of nitrogens with one attached hydrogen (secondary N) is 2. The minimum Gasteiger partial charge on any atom is -0.368 e. The number of anilines is 1. The zero-order valence-corrected chi connectivity index (χ0v) is 13.8. The molecular weight excluding hydrogens is 314 g/mol. The van der Waals surface area contributed by atoms with Gasteiger partial charge < -0.3 is 20.5 Å². The fourth-order valence-corrected chi connectivity index (χ4v) is 2.65. The van der Waals surface area contributed by atoms with E-state index in [-0.39, 0.29) is 17.5 Å². The summed E-state index contributed by atoms with van der Waals surface area (Å²) in [5.74, 6) is -0.0998. The molecule has 1 amide bonds. The first-order valence-electron chi connectivity index (χ1n) is 7.98. The van der Waals surface area contributed by atoms with Crippen molar-refractivity contribution in [3.8, 4) is 0 Å². The van der Waals surface area contributed by atoms with Gasteiger partial charge in [-0.1, -0.05) is 26.0 Å². The molecule has 0 spiro atoms. The smallest absolute Gasteiger partial charge is 0.292 e. The third-order valence-electron chi connectivity index (χ3n) is 3.84. The molecule has 1 aliphatic heterocycles. The van der Waals surface area contributed by atoms with Gasteiger partial charge in [-0.05, 0) is 24.8 Å². The molecule has 1 saturated heterocycles. The lowest BCUT2D eigenvalue weighted by Gasteiger charge is -2.23. The lowest BCUT2D eigenvalue weighted by Crippen LogP contribution is -2.48. The van der Waals surface area contributed by atoms with Gasteiger partial charge in [0.05, 0.1) is 17.6 Å². The highest BCUT2D eigenvalue weighted by Gasteiger charge is 2.31. The van der Waals surface area contributed by atoms with E-state index in [2.05, 4.69) is 10.6 Å². The van der Waals surface area contributed by atoms with Crippen LogP contribution in [0.15, 0.2) is 24.3 Å². The number of ether oxygens (including phenoxy) is 1. The van der Waals surface area contributed by atoms with Gasteiger partial charge in [0.1, 0.15) is 11.7 Å². The van der Waals surface area contributed by atoms with E-state index in [9.17, 15) is 20.0 Å². The molecular formula is C16H23N3O5. The second-order valence-electron chi connectivity index (χ2n) is 6.27. The number of amides is 1. The third-order valence-corrected chi connectivity index (χ3v) is 3.84. The number of aliphatic hydroxyl groups excluding tert-OH is 1. The molecule has 3 N–H and O–H groups in total. The number of aliphatic hydroxyl groups is 1. The second kappa shape index (κ2) is 8.07. The van der Waals surface area contributed by atoms with E-state index in [0.717, 1.165) is 0 Å². The summed E-state index contributed by atoms with van der Waals surface area (Å²) in [7, 11) is 0. The molecule has 2 rings (SSSR count). The SMILES string of the molecule is CC(C)CC(Nc1ccccc1[N+](=O)[O-])C(=O)NC1CCOC1O. The van der Waals surface area contributed by atoms with E-state index in [4.69, 9.17) is 4.74 Å². The number of benzene rings is 1. The number of rotatable bonds is 7. The number of para-hydroxylation sites is 2. The highest BCUT2D eigenvalue weighted by molar-refractivity contribution is 5.85. The number of nitro benzene ring substituents is 1. The van der Waals surface area contributed by atoms with Crippen LogP contribution in [0, 0.1) is 16.0 Å². The van der Waals surface area contributed by atoms with Crippen LogP contribution in [0.1, 0.15) is 26.7 Å². The molecule has 8 nitrogen and oxygen atoms in total. The highest BCUT2D eigenvalue weighted by Crippen LogP contribution is 2.25. The van der Waals surface area contributed by atoms with E-state index in [1.807, 2.05) is 13.8 Å². The Morgan fingerprint density at radius 3 is 2.75 bits per heavy atom. The van der Waals surface area contributed by atoms with Crippen LogP contribution in [0.25, 0.3) is 0 Å². The molecule has 8 heteroatoms. The zero-order chi connectivity index (χ0) is 17.7. The molecule has 1 aromatic carbocycles. The molecule has 0 saturated carbocycles. The minimum atomic E-state index is -1.01. The molecule has 0 bridgehead atoms. The molecule has 3 atom stereocenters. The van der Waals surface area contributed by atoms with Crippen molar-refractivity contribution in [3.05, 3.63) is 34.4 Å². The fraction of sp³-hybridized carbons (Fsp3) is 0.562. The van der Waals surface area contributed by atoms with Gasteiger partial charge in [-0.25, -0.2) is 0 Å². The summed E-state index contributed by atoms with van der Waals surface area (Å²) in [5.41, 5.74) is 0.217. The number of nitrogens with zero attached hydrogens (tertiary/aromatic N) is 1. The summed E-state index contributed by atoms with van der Waals surface area (Å²) < 4.78 is 5.03. The first-order chi connectivity index (χ1) is 11.4. The molecule has 0 radical (unpaired) electrons. The summed E-state index contributed by atoms with van der Waals surface area (Å²) >= 11 is 0. The predicted octanol–water partition coefficient (Wildman–Crippen LogP) is 1.64. The lowest BCUT2D eigenvalue weighted by molar-refractivity contribution is -0.384. The van der Waals surface area contributed by atoms with Crippen LogP contribution in [0.2, 0.25) is 0 Å². The highest BCUT2D eigenvalue weighted by atomic mass is 16.6. The molecule has 1 fully saturated rings. The van der Waals surface area contributed by atoms with Crippen molar-refractivity contribution in [2.45, 2.75) is 45.1 Å². The summed E-state index contributed by atoms with van der Waals surface area (Å²) in [4.78, 5) is 23.2. The van der Waals surface area contributed by atoms with Gasteiger partial charge in [-0.3, -0.25) is 14.9 Å². The van der Waals surface area contributed by atoms with Gasteiger partial charge in [0.15, 0.2) is 6.29 Å². The van der Waals surface area contributed by atoms with Gasteiger partial charge in [0.25, 0.3) is 5.69 Å². The van der Waals surface area contributed by atoms with Gasteiger partial charge in [0.2, 0.25) is 5.91 Å². The monoisotopic (exact) mass is 337 g/mol. The van der Waals surface area contributed by atoms with Crippen LogP contribution in [0.3, 0.4) is 0 Å². The van der Waals surface area contributed by atoms with Crippen LogP contribution in [-0.2, 0) is 9.53 Å². The normalized spacial score (nSPS) is 21.5. The van der Waals surface area contributed by atoms with Crippen LogP contribution in [0.5, 0.6) is 0 Å².